The number of aryl methyl sites for hydroxylation is 2. The lowest BCUT2D eigenvalue weighted by atomic mass is 10.2. The van der Waals surface area contributed by atoms with Gasteiger partial charge in [-0.3, -0.25) is 9.10 Å². The fourth-order valence-corrected chi connectivity index (χ4v) is 5.08. The second-order valence-corrected chi connectivity index (χ2v) is 10.6. The third kappa shape index (κ3) is 6.36. The standard InChI is InChI=1S/C24H23Cl3N2O4S/c1-16-6-10-19(11-7-16)34(31,32)29(22-5-3-4-20(25)24(22)27)15-23(30)28-12-13-33-18-9-8-17(2)21(26)14-18/h3-11,14H,12-13,15H2,1-2H3,(H,28,30). The van der Waals surface area contributed by atoms with E-state index in [1.54, 1.807) is 36.4 Å². The minimum absolute atomic E-state index is 0.0292. The van der Waals surface area contributed by atoms with E-state index in [0.717, 1.165) is 15.4 Å². The molecule has 0 aromatic heterocycles. The number of halogens is 3. The number of nitrogens with one attached hydrogen (secondary N) is 1. The second-order valence-electron chi connectivity index (χ2n) is 7.51. The molecule has 0 atom stereocenters. The molecule has 10 heteroatoms. The van der Waals surface area contributed by atoms with Gasteiger partial charge < -0.3 is 10.1 Å². The zero-order valence-corrected chi connectivity index (χ0v) is 21.6. The van der Waals surface area contributed by atoms with Crippen LogP contribution in [0.3, 0.4) is 0 Å². The molecule has 3 aromatic carbocycles. The van der Waals surface area contributed by atoms with Crippen molar-refractivity contribution in [3.8, 4) is 5.75 Å². The molecule has 0 saturated carbocycles. The molecule has 0 aliphatic carbocycles. The van der Waals surface area contributed by atoms with Crippen molar-refractivity contribution in [2.24, 2.45) is 0 Å². The van der Waals surface area contributed by atoms with Gasteiger partial charge in [0.1, 0.15) is 18.9 Å². The number of hydrogen-bond acceptors (Lipinski definition) is 4. The molecule has 1 N–H and O–H groups in total. The first kappa shape index (κ1) is 26.2. The smallest absolute Gasteiger partial charge is 0.264 e. The van der Waals surface area contributed by atoms with Crippen LogP contribution in [0.5, 0.6) is 5.75 Å². The number of ether oxygens (including phenoxy) is 1. The number of benzene rings is 3. The summed E-state index contributed by atoms with van der Waals surface area (Å²) in [5.74, 6) is 0.0383. The van der Waals surface area contributed by atoms with Gasteiger partial charge in [0.05, 0.1) is 27.2 Å². The first-order chi connectivity index (χ1) is 16.1. The van der Waals surface area contributed by atoms with Gasteiger partial charge in [0.15, 0.2) is 0 Å². The number of carbonyl (C=O) groups excluding carboxylic acids is 1. The molecular weight excluding hydrogens is 519 g/mol. The van der Waals surface area contributed by atoms with Crippen LogP contribution in [0.4, 0.5) is 5.69 Å². The summed E-state index contributed by atoms with van der Waals surface area (Å²) in [6.07, 6.45) is 0. The average molecular weight is 542 g/mol. The minimum atomic E-state index is -4.10. The maximum atomic E-state index is 13.4. The largest absolute Gasteiger partial charge is 0.492 e. The van der Waals surface area contributed by atoms with Crippen LogP contribution in [0.2, 0.25) is 15.1 Å². The van der Waals surface area contributed by atoms with Gasteiger partial charge in [-0.15, -0.1) is 0 Å². The number of hydrogen-bond donors (Lipinski definition) is 1. The second kappa shape index (κ2) is 11.3. The van der Waals surface area contributed by atoms with E-state index in [4.69, 9.17) is 39.5 Å². The molecule has 6 nitrogen and oxygen atoms in total. The van der Waals surface area contributed by atoms with Crippen molar-refractivity contribution in [1.82, 2.24) is 5.32 Å². The maximum absolute atomic E-state index is 13.4. The lowest BCUT2D eigenvalue weighted by molar-refractivity contribution is -0.119. The molecular formula is C24H23Cl3N2O4S. The monoisotopic (exact) mass is 540 g/mol. The fraction of sp³-hybridized carbons (Fsp3) is 0.208. The van der Waals surface area contributed by atoms with Gasteiger partial charge in [0.25, 0.3) is 10.0 Å². The molecule has 0 unspecified atom stereocenters. The summed E-state index contributed by atoms with van der Waals surface area (Å²) in [6, 6.07) is 16.2. The highest BCUT2D eigenvalue weighted by molar-refractivity contribution is 7.92. The van der Waals surface area contributed by atoms with Crippen LogP contribution in [0.15, 0.2) is 65.6 Å². The highest BCUT2D eigenvalue weighted by Gasteiger charge is 2.29. The van der Waals surface area contributed by atoms with E-state index in [1.807, 2.05) is 19.9 Å². The highest BCUT2D eigenvalue weighted by Crippen LogP contribution is 2.35. The third-order valence-corrected chi connectivity index (χ3v) is 7.92. The molecule has 3 aromatic rings. The molecule has 0 fully saturated rings. The van der Waals surface area contributed by atoms with Crippen molar-refractivity contribution < 1.29 is 17.9 Å². The third-order valence-electron chi connectivity index (χ3n) is 4.93. The Balaban J connectivity index is 1.74. The Morgan fingerprint density at radius 3 is 2.35 bits per heavy atom. The normalized spacial score (nSPS) is 11.2. The van der Waals surface area contributed by atoms with Crippen LogP contribution in [-0.2, 0) is 14.8 Å². The summed E-state index contributed by atoms with van der Waals surface area (Å²) in [5, 5.41) is 3.46. The van der Waals surface area contributed by atoms with E-state index >= 15 is 0 Å². The molecule has 0 spiro atoms. The summed E-state index contributed by atoms with van der Waals surface area (Å²) in [4.78, 5) is 12.7. The summed E-state index contributed by atoms with van der Waals surface area (Å²) in [7, 11) is -4.10. The average Bonchev–Trinajstić information content (AvgIpc) is 2.80. The zero-order valence-electron chi connectivity index (χ0n) is 18.5. The van der Waals surface area contributed by atoms with Gasteiger partial charge >= 0.3 is 0 Å². The summed E-state index contributed by atoms with van der Waals surface area (Å²) < 4.78 is 33.4. The summed E-state index contributed by atoms with van der Waals surface area (Å²) in [5.41, 5.74) is 1.94. The first-order valence-electron chi connectivity index (χ1n) is 10.3. The number of rotatable bonds is 9. The maximum Gasteiger partial charge on any atom is 0.264 e. The van der Waals surface area contributed by atoms with Gasteiger partial charge in [0.2, 0.25) is 5.91 Å². The van der Waals surface area contributed by atoms with Gasteiger partial charge in [0, 0.05) is 5.02 Å². The van der Waals surface area contributed by atoms with E-state index in [2.05, 4.69) is 5.32 Å². The van der Waals surface area contributed by atoms with Crippen LogP contribution in [0, 0.1) is 13.8 Å². The minimum Gasteiger partial charge on any atom is -0.492 e. The molecule has 180 valence electrons. The predicted molar refractivity (Wildman–Crippen MR) is 137 cm³/mol. The number of nitrogens with zero attached hydrogens (tertiary/aromatic N) is 1. The number of amides is 1. The Morgan fingerprint density at radius 1 is 0.971 bits per heavy atom. The summed E-state index contributed by atoms with van der Waals surface area (Å²) in [6.45, 7) is 3.57. The lowest BCUT2D eigenvalue weighted by Crippen LogP contribution is -2.42. The van der Waals surface area contributed by atoms with Gasteiger partial charge in [-0.25, -0.2) is 8.42 Å². The molecule has 3 rings (SSSR count). The molecule has 0 radical (unpaired) electrons. The molecule has 0 saturated heterocycles. The van der Waals surface area contributed by atoms with Crippen molar-refractivity contribution in [1.29, 1.82) is 0 Å². The van der Waals surface area contributed by atoms with Crippen LogP contribution < -0.4 is 14.4 Å². The van der Waals surface area contributed by atoms with Crippen molar-refractivity contribution in [2.75, 3.05) is 24.0 Å². The van der Waals surface area contributed by atoms with Crippen molar-refractivity contribution in [2.45, 2.75) is 18.7 Å². The molecule has 0 aliphatic rings. The molecule has 0 aliphatic heterocycles. The Labute approximate surface area is 214 Å². The van der Waals surface area contributed by atoms with E-state index < -0.39 is 22.5 Å². The van der Waals surface area contributed by atoms with Crippen LogP contribution in [-0.4, -0.2) is 34.0 Å². The van der Waals surface area contributed by atoms with Gasteiger partial charge in [-0.05, 0) is 55.8 Å². The number of carbonyl (C=O) groups is 1. The topological polar surface area (TPSA) is 75.7 Å². The molecule has 34 heavy (non-hydrogen) atoms. The highest BCUT2D eigenvalue weighted by atomic mass is 35.5. The number of sulfonamides is 1. The van der Waals surface area contributed by atoms with E-state index in [9.17, 15) is 13.2 Å². The van der Waals surface area contributed by atoms with Crippen molar-refractivity contribution >= 4 is 56.4 Å². The summed E-state index contributed by atoms with van der Waals surface area (Å²) >= 11 is 18.5. The number of anilines is 1. The van der Waals surface area contributed by atoms with Crippen LogP contribution >= 0.6 is 34.8 Å². The van der Waals surface area contributed by atoms with Crippen LogP contribution in [0.1, 0.15) is 11.1 Å². The van der Waals surface area contributed by atoms with E-state index in [-0.39, 0.29) is 33.8 Å². The quantitative estimate of drug-likeness (QED) is 0.355. The zero-order chi connectivity index (χ0) is 24.9. The first-order valence-corrected chi connectivity index (χ1v) is 12.9. The van der Waals surface area contributed by atoms with Crippen LogP contribution in [0.25, 0.3) is 0 Å². The van der Waals surface area contributed by atoms with E-state index in [0.29, 0.717) is 10.8 Å². The van der Waals surface area contributed by atoms with Gasteiger partial charge in [-0.1, -0.05) is 64.6 Å². The Bertz CT molecular complexity index is 1280. The Hall–Kier alpha value is -2.45. The molecule has 1 amide bonds. The predicted octanol–water partition coefficient (Wildman–Crippen LogP) is 5.65. The fourth-order valence-electron chi connectivity index (χ4n) is 3.03. The molecule has 0 bridgehead atoms. The van der Waals surface area contributed by atoms with Crippen molar-refractivity contribution in [3.05, 3.63) is 86.9 Å². The molecule has 0 heterocycles. The SMILES string of the molecule is Cc1ccc(S(=O)(=O)N(CC(=O)NCCOc2ccc(C)c(Cl)c2)c2cccc(Cl)c2Cl)cc1. The van der Waals surface area contributed by atoms with Crippen molar-refractivity contribution in [3.63, 3.8) is 0 Å². The lowest BCUT2D eigenvalue weighted by Gasteiger charge is -2.25. The van der Waals surface area contributed by atoms with E-state index in [1.165, 1.54) is 18.2 Å². The Kier molecular flexibility index (Phi) is 8.71. The van der Waals surface area contributed by atoms with Gasteiger partial charge in [-0.2, -0.15) is 0 Å². The Morgan fingerprint density at radius 2 is 1.68 bits per heavy atom.